The quantitative estimate of drug-likeness (QED) is 0.463. The van der Waals surface area contributed by atoms with Crippen molar-refractivity contribution in [3.05, 3.63) is 83.7 Å². The molecule has 0 N–H and O–H groups in total. The highest BCUT2D eigenvalue weighted by atomic mass is 16.5. The lowest BCUT2D eigenvalue weighted by atomic mass is 10.0. The first-order valence-corrected chi connectivity index (χ1v) is 9.37. The summed E-state index contributed by atoms with van der Waals surface area (Å²) >= 11 is 0. The Labute approximate surface area is 160 Å². The van der Waals surface area contributed by atoms with Crippen LogP contribution in [0.2, 0.25) is 0 Å². The minimum atomic E-state index is 0.640. The molecule has 0 aliphatic rings. The van der Waals surface area contributed by atoms with Gasteiger partial charge in [0.25, 0.3) is 0 Å². The van der Waals surface area contributed by atoms with E-state index >= 15 is 0 Å². The number of hydrogen-bond acceptors (Lipinski definition) is 2. The van der Waals surface area contributed by atoms with Gasteiger partial charge < -0.3 is 9.30 Å². The van der Waals surface area contributed by atoms with Gasteiger partial charge in [0.2, 0.25) is 5.88 Å². The lowest BCUT2D eigenvalue weighted by molar-refractivity contribution is 0.398. The van der Waals surface area contributed by atoms with Crippen molar-refractivity contribution < 1.29 is 4.74 Å². The lowest BCUT2D eigenvalue weighted by Gasteiger charge is -2.11. The molecule has 2 heterocycles. The van der Waals surface area contributed by atoms with Gasteiger partial charge in [-0.25, -0.2) is 4.98 Å². The third-order valence-corrected chi connectivity index (χ3v) is 5.08. The maximum Gasteiger partial charge on any atom is 0.212 e. The summed E-state index contributed by atoms with van der Waals surface area (Å²) in [5.74, 6) is 0.640. The first-order chi connectivity index (χ1) is 13.2. The summed E-state index contributed by atoms with van der Waals surface area (Å²) in [5.41, 5.74) is 7.61. The van der Waals surface area contributed by atoms with E-state index in [1.165, 1.54) is 33.3 Å². The van der Waals surface area contributed by atoms with E-state index < -0.39 is 0 Å². The molecular weight excluding hydrogens is 332 g/mol. The second-order valence-corrected chi connectivity index (χ2v) is 6.86. The fraction of sp³-hybridized carbons (Fsp3) is 0.208. The number of methoxy groups -OCH3 is 1. The van der Waals surface area contributed by atoms with Crippen LogP contribution in [0.15, 0.2) is 66.9 Å². The maximum absolute atomic E-state index is 5.23. The first kappa shape index (κ1) is 17.3. The predicted octanol–water partition coefficient (Wildman–Crippen LogP) is 5.63. The molecule has 0 aliphatic carbocycles. The molecule has 0 saturated heterocycles. The molecule has 0 aliphatic heterocycles. The van der Waals surface area contributed by atoms with Gasteiger partial charge in [-0.2, -0.15) is 0 Å². The highest BCUT2D eigenvalue weighted by Gasteiger charge is 2.18. The average Bonchev–Trinajstić information content (AvgIpc) is 3.01. The Hall–Kier alpha value is -3.07. The highest BCUT2D eigenvalue weighted by Crippen LogP contribution is 2.36. The third kappa shape index (κ3) is 3.21. The van der Waals surface area contributed by atoms with Crippen molar-refractivity contribution in [1.82, 2.24) is 9.55 Å². The van der Waals surface area contributed by atoms with Crippen LogP contribution >= 0.6 is 0 Å². The molecule has 3 heteroatoms. The van der Waals surface area contributed by atoms with E-state index in [1.54, 1.807) is 7.11 Å². The lowest BCUT2D eigenvalue weighted by Crippen LogP contribution is -2.04. The number of nitrogens with zero attached hydrogens (tertiary/aromatic N) is 2. The summed E-state index contributed by atoms with van der Waals surface area (Å²) in [6, 6.07) is 21.4. The van der Waals surface area contributed by atoms with Gasteiger partial charge in [-0.15, -0.1) is 0 Å². The van der Waals surface area contributed by atoms with E-state index in [2.05, 4.69) is 78.0 Å². The molecule has 136 valence electrons. The minimum Gasteiger partial charge on any atom is -0.481 e. The number of benzene rings is 2. The van der Waals surface area contributed by atoms with E-state index in [1.807, 2.05) is 12.3 Å². The molecule has 0 saturated carbocycles. The number of ether oxygens (including phenoxy) is 1. The van der Waals surface area contributed by atoms with Crippen molar-refractivity contribution in [2.24, 2.45) is 0 Å². The van der Waals surface area contributed by atoms with Crippen molar-refractivity contribution in [2.45, 2.75) is 26.8 Å². The fourth-order valence-electron chi connectivity index (χ4n) is 3.80. The average molecular weight is 356 g/mol. The minimum absolute atomic E-state index is 0.640. The summed E-state index contributed by atoms with van der Waals surface area (Å²) in [4.78, 5) is 4.44. The molecule has 0 amide bonds. The van der Waals surface area contributed by atoms with Crippen LogP contribution in [-0.4, -0.2) is 16.7 Å². The number of hydrogen-bond donors (Lipinski definition) is 0. The smallest absolute Gasteiger partial charge is 0.212 e. The van der Waals surface area contributed by atoms with Crippen LogP contribution in [0, 0.1) is 6.92 Å². The van der Waals surface area contributed by atoms with E-state index in [9.17, 15) is 0 Å². The van der Waals surface area contributed by atoms with Crippen LogP contribution in [0.1, 0.15) is 23.7 Å². The van der Waals surface area contributed by atoms with Crippen molar-refractivity contribution in [1.29, 1.82) is 0 Å². The molecule has 2 aromatic carbocycles. The zero-order chi connectivity index (χ0) is 18.8. The molecule has 0 fully saturated rings. The van der Waals surface area contributed by atoms with Crippen LogP contribution in [0.3, 0.4) is 0 Å². The Bertz CT molecular complexity index is 1060. The number of aromatic nitrogens is 2. The third-order valence-electron chi connectivity index (χ3n) is 5.08. The molecule has 0 bridgehead atoms. The van der Waals surface area contributed by atoms with Gasteiger partial charge in [-0.3, -0.25) is 0 Å². The molecule has 27 heavy (non-hydrogen) atoms. The standard InChI is InChI=1S/C24H24N2O/c1-4-21-24(19-11-13-23(27-3)25-15-19)20-12-10-17(2)14-22(20)26(21)16-18-8-6-5-7-9-18/h5-15H,4,16H2,1-3H3. The van der Waals surface area contributed by atoms with Gasteiger partial charge in [0, 0.05) is 46.5 Å². The molecule has 0 atom stereocenters. The summed E-state index contributed by atoms with van der Waals surface area (Å²) in [7, 11) is 1.65. The van der Waals surface area contributed by atoms with Gasteiger partial charge in [0.15, 0.2) is 0 Å². The number of pyridine rings is 1. The van der Waals surface area contributed by atoms with Gasteiger partial charge in [-0.05, 0) is 36.6 Å². The Kier molecular flexibility index (Phi) is 4.68. The normalized spacial score (nSPS) is 11.1. The van der Waals surface area contributed by atoms with Crippen molar-refractivity contribution in [3.63, 3.8) is 0 Å². The van der Waals surface area contributed by atoms with E-state index in [-0.39, 0.29) is 0 Å². The number of fused-ring (bicyclic) bond motifs is 1. The van der Waals surface area contributed by atoms with Crippen LogP contribution in [0.4, 0.5) is 0 Å². The summed E-state index contributed by atoms with van der Waals surface area (Å²) < 4.78 is 7.69. The number of aryl methyl sites for hydroxylation is 1. The predicted molar refractivity (Wildman–Crippen MR) is 111 cm³/mol. The van der Waals surface area contributed by atoms with Crippen molar-refractivity contribution >= 4 is 10.9 Å². The molecule has 0 radical (unpaired) electrons. The largest absolute Gasteiger partial charge is 0.481 e. The Morgan fingerprint density at radius 3 is 2.48 bits per heavy atom. The van der Waals surface area contributed by atoms with E-state index in [0.29, 0.717) is 5.88 Å². The van der Waals surface area contributed by atoms with Crippen LogP contribution < -0.4 is 4.74 Å². The van der Waals surface area contributed by atoms with E-state index in [4.69, 9.17) is 4.74 Å². The Balaban J connectivity index is 1.95. The van der Waals surface area contributed by atoms with E-state index in [0.717, 1.165) is 18.5 Å². The molecule has 0 spiro atoms. The van der Waals surface area contributed by atoms with Gasteiger partial charge >= 0.3 is 0 Å². The molecular formula is C24H24N2O. The first-order valence-electron chi connectivity index (χ1n) is 9.37. The van der Waals surface area contributed by atoms with Crippen LogP contribution in [-0.2, 0) is 13.0 Å². The number of rotatable bonds is 5. The maximum atomic E-state index is 5.23. The molecule has 4 rings (SSSR count). The monoisotopic (exact) mass is 356 g/mol. The van der Waals surface area contributed by atoms with Gasteiger partial charge in [-0.1, -0.05) is 49.4 Å². The molecule has 0 unspecified atom stereocenters. The van der Waals surface area contributed by atoms with Crippen LogP contribution in [0.5, 0.6) is 5.88 Å². The topological polar surface area (TPSA) is 27.1 Å². The second-order valence-electron chi connectivity index (χ2n) is 6.86. The van der Waals surface area contributed by atoms with Gasteiger partial charge in [0.1, 0.15) is 0 Å². The zero-order valence-electron chi connectivity index (χ0n) is 16.1. The molecule has 4 aromatic rings. The molecule has 3 nitrogen and oxygen atoms in total. The summed E-state index contributed by atoms with van der Waals surface area (Å²) in [6.45, 7) is 5.25. The SMILES string of the molecule is CCc1c(-c2ccc(OC)nc2)c2ccc(C)cc2n1Cc1ccccc1. The summed E-state index contributed by atoms with van der Waals surface area (Å²) in [5, 5.41) is 1.28. The Morgan fingerprint density at radius 1 is 1.00 bits per heavy atom. The highest BCUT2D eigenvalue weighted by molar-refractivity contribution is 5.98. The Morgan fingerprint density at radius 2 is 1.81 bits per heavy atom. The van der Waals surface area contributed by atoms with Crippen molar-refractivity contribution in [2.75, 3.05) is 7.11 Å². The zero-order valence-corrected chi connectivity index (χ0v) is 16.1. The van der Waals surface area contributed by atoms with Gasteiger partial charge in [0.05, 0.1) is 7.11 Å². The van der Waals surface area contributed by atoms with Crippen molar-refractivity contribution in [3.8, 4) is 17.0 Å². The fourth-order valence-corrected chi connectivity index (χ4v) is 3.80. The second kappa shape index (κ2) is 7.28. The molecule has 2 aromatic heterocycles. The van der Waals surface area contributed by atoms with Crippen LogP contribution in [0.25, 0.3) is 22.0 Å². The summed E-state index contributed by atoms with van der Waals surface area (Å²) in [6.07, 6.45) is 2.88.